The van der Waals surface area contributed by atoms with Gasteiger partial charge in [-0.25, -0.2) is 4.90 Å². The summed E-state index contributed by atoms with van der Waals surface area (Å²) in [5.74, 6) is 0. The van der Waals surface area contributed by atoms with Crippen molar-refractivity contribution >= 4 is 0 Å². The first-order valence-corrected chi connectivity index (χ1v) is 4.21. The molecule has 12 heavy (non-hydrogen) atoms. The van der Waals surface area contributed by atoms with E-state index in [1.54, 1.807) is 0 Å². The second kappa shape index (κ2) is 2.63. The second-order valence-electron chi connectivity index (χ2n) is 3.26. The van der Waals surface area contributed by atoms with Crippen molar-refractivity contribution in [2.75, 3.05) is 19.8 Å². The maximum atomic E-state index is 5.36. The average molecular weight is 172 g/mol. The minimum atomic E-state index is 0.110. The number of rotatable bonds is 0. The van der Waals surface area contributed by atoms with E-state index in [0.717, 1.165) is 19.8 Å². The number of hydrogen-bond acceptors (Lipinski definition) is 6. The van der Waals surface area contributed by atoms with Gasteiger partial charge < -0.3 is 5.32 Å². The van der Waals surface area contributed by atoms with Crippen LogP contribution in [-0.4, -0.2) is 43.2 Å². The summed E-state index contributed by atoms with van der Waals surface area (Å²) in [6.07, 6.45) is 0.227. The van der Waals surface area contributed by atoms with Gasteiger partial charge >= 0.3 is 0 Å². The van der Waals surface area contributed by atoms with Gasteiger partial charge in [-0.3, -0.25) is 9.68 Å². The second-order valence-corrected chi connectivity index (χ2v) is 3.26. The molecule has 3 fully saturated rings. The topological polar surface area (TPSA) is 57.8 Å². The first-order chi connectivity index (χ1) is 5.95. The fraction of sp³-hybridized carbons (Fsp3) is 1.00. The lowest BCUT2D eigenvalue weighted by Gasteiger charge is -2.35. The highest BCUT2D eigenvalue weighted by Gasteiger charge is 2.44. The van der Waals surface area contributed by atoms with Gasteiger partial charge in [-0.15, -0.1) is 0 Å². The van der Waals surface area contributed by atoms with Crippen molar-refractivity contribution in [2.45, 2.75) is 18.5 Å². The molecule has 3 rings (SSSR count). The summed E-state index contributed by atoms with van der Waals surface area (Å²) < 4.78 is 0. The molecule has 3 atom stereocenters. The van der Waals surface area contributed by atoms with Gasteiger partial charge in [-0.05, 0) is 0 Å². The van der Waals surface area contributed by atoms with Gasteiger partial charge in [0.05, 0.1) is 12.7 Å². The van der Waals surface area contributed by atoms with Crippen LogP contribution in [0, 0.1) is 0 Å². The number of nitrogens with one attached hydrogen (secondary N) is 3. The van der Waals surface area contributed by atoms with E-state index >= 15 is 0 Å². The standard InChI is InChI=1S/C6H12N4O2/c1-4-6(12-8-1)10-3-9-11-5(10)2-7-4/h4-9H,1-3H2. The van der Waals surface area contributed by atoms with Crippen LogP contribution >= 0.6 is 0 Å². The van der Waals surface area contributed by atoms with E-state index in [0.29, 0.717) is 6.04 Å². The fourth-order valence-electron chi connectivity index (χ4n) is 1.92. The summed E-state index contributed by atoms with van der Waals surface area (Å²) in [6, 6.07) is 0.393. The Bertz CT molecular complexity index is 170. The Hall–Kier alpha value is -0.240. The van der Waals surface area contributed by atoms with Crippen LogP contribution in [0.15, 0.2) is 0 Å². The highest BCUT2D eigenvalue weighted by molar-refractivity contribution is 4.90. The van der Waals surface area contributed by atoms with Gasteiger partial charge in [0.1, 0.15) is 6.23 Å². The van der Waals surface area contributed by atoms with Crippen molar-refractivity contribution in [1.29, 1.82) is 0 Å². The minimum absolute atomic E-state index is 0.110. The number of fused-ring (bicyclic) bond motifs is 3. The molecule has 0 amide bonds. The van der Waals surface area contributed by atoms with Gasteiger partial charge in [0, 0.05) is 13.1 Å². The van der Waals surface area contributed by atoms with Gasteiger partial charge in [-0.1, -0.05) is 0 Å². The lowest BCUT2D eigenvalue weighted by Crippen LogP contribution is -2.59. The molecule has 3 aliphatic heterocycles. The predicted octanol–water partition coefficient (Wildman–Crippen LogP) is -2.06. The van der Waals surface area contributed by atoms with E-state index in [1.807, 2.05) is 0 Å². The van der Waals surface area contributed by atoms with Crippen LogP contribution in [0.5, 0.6) is 0 Å². The number of piperazine rings is 1. The summed E-state index contributed by atoms with van der Waals surface area (Å²) in [4.78, 5) is 12.8. The third-order valence-corrected chi connectivity index (χ3v) is 2.57. The zero-order valence-corrected chi connectivity index (χ0v) is 6.62. The van der Waals surface area contributed by atoms with Gasteiger partial charge in [-0.2, -0.15) is 11.0 Å². The van der Waals surface area contributed by atoms with Crippen LogP contribution in [0.4, 0.5) is 0 Å². The van der Waals surface area contributed by atoms with E-state index < -0.39 is 0 Å². The normalized spacial score (nSPS) is 47.5. The molecule has 0 bridgehead atoms. The van der Waals surface area contributed by atoms with Crippen molar-refractivity contribution < 1.29 is 9.68 Å². The third kappa shape index (κ3) is 0.905. The van der Waals surface area contributed by atoms with Crippen LogP contribution in [0.25, 0.3) is 0 Å². The quantitative estimate of drug-likeness (QED) is 0.390. The van der Waals surface area contributed by atoms with Crippen LogP contribution in [0.3, 0.4) is 0 Å². The lowest BCUT2D eigenvalue weighted by atomic mass is 10.2. The van der Waals surface area contributed by atoms with E-state index in [-0.39, 0.29) is 12.5 Å². The highest BCUT2D eigenvalue weighted by atomic mass is 16.7. The molecule has 0 spiro atoms. The molecule has 6 nitrogen and oxygen atoms in total. The Labute approximate surface area is 70.1 Å². The average Bonchev–Trinajstić information content (AvgIpc) is 2.71. The van der Waals surface area contributed by atoms with Crippen molar-refractivity contribution in [3.8, 4) is 0 Å². The zero-order chi connectivity index (χ0) is 7.97. The molecule has 6 heteroatoms. The molecule has 0 aromatic carbocycles. The van der Waals surface area contributed by atoms with Crippen LogP contribution in [-0.2, 0) is 9.68 Å². The Balaban J connectivity index is 1.81. The number of nitrogens with zero attached hydrogens (tertiary/aromatic N) is 1. The molecule has 0 aromatic heterocycles. The van der Waals surface area contributed by atoms with Gasteiger partial charge in [0.2, 0.25) is 0 Å². The molecule has 3 unspecified atom stereocenters. The monoisotopic (exact) mass is 172 g/mol. The molecule has 68 valence electrons. The SMILES string of the molecule is C1NOC2C1NCC1ONCN12. The van der Waals surface area contributed by atoms with Crippen molar-refractivity contribution in [3.05, 3.63) is 0 Å². The van der Waals surface area contributed by atoms with Crippen molar-refractivity contribution in [1.82, 2.24) is 21.2 Å². The van der Waals surface area contributed by atoms with Crippen LogP contribution < -0.4 is 16.3 Å². The van der Waals surface area contributed by atoms with E-state index in [2.05, 4.69) is 21.2 Å². The van der Waals surface area contributed by atoms with Crippen molar-refractivity contribution in [2.24, 2.45) is 0 Å². The molecule has 0 saturated carbocycles. The lowest BCUT2D eigenvalue weighted by molar-refractivity contribution is -0.130. The van der Waals surface area contributed by atoms with Crippen LogP contribution in [0.2, 0.25) is 0 Å². The molecular formula is C6H12N4O2. The molecule has 0 radical (unpaired) electrons. The smallest absolute Gasteiger partial charge is 0.152 e. The molecule has 0 aliphatic carbocycles. The van der Waals surface area contributed by atoms with Crippen molar-refractivity contribution in [3.63, 3.8) is 0 Å². The summed E-state index contributed by atoms with van der Waals surface area (Å²) in [7, 11) is 0. The predicted molar refractivity (Wildman–Crippen MR) is 39.4 cm³/mol. The molecule has 3 heterocycles. The maximum absolute atomic E-state index is 5.36. The minimum Gasteiger partial charge on any atom is -0.305 e. The van der Waals surface area contributed by atoms with E-state index in [9.17, 15) is 0 Å². The van der Waals surface area contributed by atoms with Gasteiger partial charge in [0.25, 0.3) is 0 Å². The Morgan fingerprint density at radius 3 is 3.17 bits per heavy atom. The molecule has 3 aliphatic rings. The summed E-state index contributed by atoms with van der Waals surface area (Å²) in [5.41, 5.74) is 5.74. The summed E-state index contributed by atoms with van der Waals surface area (Å²) >= 11 is 0. The molecule has 0 aromatic rings. The summed E-state index contributed by atoms with van der Waals surface area (Å²) in [6.45, 7) is 2.47. The molecular weight excluding hydrogens is 160 g/mol. The number of hydrogen-bond donors (Lipinski definition) is 3. The third-order valence-electron chi connectivity index (χ3n) is 2.57. The van der Waals surface area contributed by atoms with Crippen LogP contribution in [0.1, 0.15) is 0 Å². The van der Waals surface area contributed by atoms with E-state index in [1.165, 1.54) is 0 Å². The fourth-order valence-corrected chi connectivity index (χ4v) is 1.92. The highest BCUT2D eigenvalue weighted by Crippen LogP contribution is 2.20. The molecule has 3 N–H and O–H groups in total. The largest absolute Gasteiger partial charge is 0.305 e. The first kappa shape index (κ1) is 7.19. The number of hydroxylamine groups is 2. The molecule has 3 saturated heterocycles. The van der Waals surface area contributed by atoms with E-state index in [4.69, 9.17) is 9.68 Å². The first-order valence-electron chi connectivity index (χ1n) is 4.21. The van der Waals surface area contributed by atoms with Gasteiger partial charge in [0.15, 0.2) is 6.23 Å². The summed E-state index contributed by atoms with van der Waals surface area (Å²) in [5, 5.41) is 3.36. The zero-order valence-electron chi connectivity index (χ0n) is 6.62. The Morgan fingerprint density at radius 1 is 1.17 bits per heavy atom. The Morgan fingerprint density at radius 2 is 2.17 bits per heavy atom. The maximum Gasteiger partial charge on any atom is 0.152 e. The Kier molecular flexibility index (Phi) is 1.57.